The smallest absolute Gasteiger partial charge is 0.0688 e. The van der Waals surface area contributed by atoms with Crippen LogP contribution in [0.3, 0.4) is 0 Å². The highest BCUT2D eigenvalue weighted by Gasteiger charge is 2.38. The Morgan fingerprint density at radius 3 is 2.87 bits per heavy atom. The Hall–Kier alpha value is -0.0100. The molecule has 1 spiro atoms. The standard InChI is InChI=1S/C13H21ClO/c14-9-4-1-5-12-6-10-15-13(11-12)7-2-3-8-13/h1,5,12H,2-4,6-11H2/b5-1+. The van der Waals surface area contributed by atoms with Gasteiger partial charge in [-0.05, 0) is 38.0 Å². The van der Waals surface area contributed by atoms with E-state index in [4.69, 9.17) is 16.3 Å². The van der Waals surface area contributed by atoms with E-state index in [-0.39, 0.29) is 5.60 Å². The third-order valence-corrected chi connectivity index (χ3v) is 3.95. The Morgan fingerprint density at radius 2 is 2.13 bits per heavy atom. The van der Waals surface area contributed by atoms with Crippen LogP contribution in [0.1, 0.15) is 44.9 Å². The van der Waals surface area contributed by atoms with Gasteiger partial charge in [0.15, 0.2) is 0 Å². The zero-order chi connectivity index (χ0) is 10.6. The van der Waals surface area contributed by atoms with Crippen molar-refractivity contribution in [3.63, 3.8) is 0 Å². The third kappa shape index (κ3) is 2.98. The molecule has 0 aromatic carbocycles. The maximum absolute atomic E-state index is 6.00. The minimum absolute atomic E-state index is 0.258. The topological polar surface area (TPSA) is 9.23 Å². The van der Waals surface area contributed by atoms with Crippen LogP contribution in [0.4, 0.5) is 0 Å². The fraction of sp³-hybridized carbons (Fsp3) is 0.846. The van der Waals surface area contributed by atoms with Crippen molar-refractivity contribution in [3.8, 4) is 0 Å². The van der Waals surface area contributed by atoms with E-state index in [9.17, 15) is 0 Å². The van der Waals surface area contributed by atoms with Gasteiger partial charge in [0.05, 0.1) is 5.60 Å². The molecule has 1 aliphatic heterocycles. The number of hydrogen-bond acceptors (Lipinski definition) is 1. The number of ether oxygens (including phenoxy) is 1. The van der Waals surface area contributed by atoms with Gasteiger partial charge in [-0.2, -0.15) is 0 Å². The van der Waals surface area contributed by atoms with Gasteiger partial charge in [-0.25, -0.2) is 0 Å². The van der Waals surface area contributed by atoms with Crippen LogP contribution < -0.4 is 0 Å². The average molecular weight is 229 g/mol. The van der Waals surface area contributed by atoms with Crippen LogP contribution in [0, 0.1) is 5.92 Å². The number of hydrogen-bond donors (Lipinski definition) is 0. The van der Waals surface area contributed by atoms with Gasteiger partial charge in [0.2, 0.25) is 0 Å². The maximum atomic E-state index is 6.00. The molecule has 0 radical (unpaired) electrons. The van der Waals surface area contributed by atoms with Crippen molar-refractivity contribution in [2.24, 2.45) is 5.92 Å². The van der Waals surface area contributed by atoms with Gasteiger partial charge in [-0.3, -0.25) is 0 Å². The Balaban J connectivity index is 1.86. The zero-order valence-electron chi connectivity index (χ0n) is 9.38. The summed E-state index contributed by atoms with van der Waals surface area (Å²) >= 11 is 5.66. The molecular weight excluding hydrogens is 208 g/mol. The Morgan fingerprint density at radius 1 is 1.33 bits per heavy atom. The summed E-state index contributed by atoms with van der Waals surface area (Å²) in [5, 5.41) is 0. The van der Waals surface area contributed by atoms with Crippen LogP contribution in [0.15, 0.2) is 12.2 Å². The average Bonchev–Trinajstić information content (AvgIpc) is 2.67. The molecule has 0 N–H and O–H groups in total. The quantitative estimate of drug-likeness (QED) is 0.526. The van der Waals surface area contributed by atoms with Gasteiger partial charge < -0.3 is 4.74 Å². The Bertz CT molecular complexity index is 219. The second kappa shape index (κ2) is 5.36. The molecule has 1 saturated carbocycles. The molecule has 1 aliphatic carbocycles. The van der Waals surface area contributed by atoms with Gasteiger partial charge in [0.25, 0.3) is 0 Å². The van der Waals surface area contributed by atoms with Gasteiger partial charge in [0, 0.05) is 12.5 Å². The van der Waals surface area contributed by atoms with E-state index in [1.807, 2.05) is 0 Å². The number of alkyl halides is 1. The second-order valence-electron chi connectivity index (χ2n) is 4.90. The lowest BCUT2D eigenvalue weighted by Crippen LogP contribution is -2.36. The summed E-state index contributed by atoms with van der Waals surface area (Å²) in [4.78, 5) is 0. The molecule has 2 rings (SSSR count). The normalized spacial score (nSPS) is 30.3. The van der Waals surface area contributed by atoms with E-state index in [1.54, 1.807) is 0 Å². The van der Waals surface area contributed by atoms with Crippen molar-refractivity contribution in [1.29, 1.82) is 0 Å². The lowest BCUT2D eigenvalue weighted by molar-refractivity contribution is -0.0853. The lowest BCUT2D eigenvalue weighted by Gasteiger charge is -2.37. The molecular formula is C13H21ClO. The first kappa shape index (κ1) is 11.5. The predicted octanol–water partition coefficient (Wildman–Crippen LogP) is 3.91. The van der Waals surface area contributed by atoms with Crippen LogP contribution in [0.5, 0.6) is 0 Å². The summed E-state index contributed by atoms with van der Waals surface area (Å²) in [6.45, 7) is 0.954. The molecule has 2 aliphatic rings. The highest BCUT2D eigenvalue weighted by atomic mass is 35.5. The minimum atomic E-state index is 0.258. The molecule has 0 aromatic rings. The van der Waals surface area contributed by atoms with Gasteiger partial charge in [-0.15, -0.1) is 11.6 Å². The van der Waals surface area contributed by atoms with E-state index in [0.717, 1.165) is 24.8 Å². The fourth-order valence-electron chi connectivity index (χ4n) is 2.95. The second-order valence-corrected chi connectivity index (χ2v) is 5.28. The molecule has 0 bridgehead atoms. The van der Waals surface area contributed by atoms with Crippen molar-refractivity contribution >= 4 is 11.6 Å². The minimum Gasteiger partial charge on any atom is -0.375 e. The molecule has 15 heavy (non-hydrogen) atoms. The molecule has 2 fully saturated rings. The van der Waals surface area contributed by atoms with Crippen LogP contribution in [0.25, 0.3) is 0 Å². The molecule has 1 saturated heterocycles. The predicted molar refractivity (Wildman–Crippen MR) is 64.4 cm³/mol. The number of allylic oxidation sites excluding steroid dienone is 2. The fourth-order valence-corrected chi connectivity index (χ4v) is 3.08. The maximum Gasteiger partial charge on any atom is 0.0688 e. The van der Waals surface area contributed by atoms with Gasteiger partial charge in [0.1, 0.15) is 0 Å². The SMILES string of the molecule is ClCC/C=C/C1CCOC2(CCCC2)C1. The molecule has 86 valence electrons. The zero-order valence-corrected chi connectivity index (χ0v) is 10.1. The first-order valence-electron chi connectivity index (χ1n) is 6.21. The monoisotopic (exact) mass is 228 g/mol. The molecule has 0 amide bonds. The molecule has 1 atom stereocenters. The molecule has 1 nitrogen and oxygen atoms in total. The van der Waals surface area contributed by atoms with E-state index >= 15 is 0 Å². The van der Waals surface area contributed by atoms with Gasteiger partial charge in [-0.1, -0.05) is 25.0 Å². The highest BCUT2D eigenvalue weighted by molar-refractivity contribution is 6.17. The summed E-state index contributed by atoms with van der Waals surface area (Å²) in [5.41, 5.74) is 0.258. The summed E-state index contributed by atoms with van der Waals surface area (Å²) < 4.78 is 6.00. The van der Waals surface area contributed by atoms with Crippen LogP contribution in [0.2, 0.25) is 0 Å². The summed E-state index contributed by atoms with van der Waals surface area (Å²) in [6, 6.07) is 0. The summed E-state index contributed by atoms with van der Waals surface area (Å²) in [5.74, 6) is 1.48. The third-order valence-electron chi connectivity index (χ3n) is 3.73. The highest BCUT2D eigenvalue weighted by Crippen LogP contribution is 2.42. The van der Waals surface area contributed by atoms with Crippen molar-refractivity contribution in [2.75, 3.05) is 12.5 Å². The molecule has 0 aromatic heterocycles. The lowest BCUT2D eigenvalue weighted by atomic mass is 9.84. The van der Waals surface area contributed by atoms with E-state index in [2.05, 4.69) is 12.2 Å². The van der Waals surface area contributed by atoms with E-state index in [0.29, 0.717) is 0 Å². The van der Waals surface area contributed by atoms with Crippen LogP contribution in [-0.4, -0.2) is 18.1 Å². The summed E-state index contributed by atoms with van der Waals surface area (Å²) in [6.07, 6.45) is 13.3. The summed E-state index contributed by atoms with van der Waals surface area (Å²) in [7, 11) is 0. The molecule has 1 unspecified atom stereocenters. The number of rotatable bonds is 3. The number of halogens is 1. The van der Waals surface area contributed by atoms with Crippen molar-refractivity contribution in [1.82, 2.24) is 0 Å². The first-order valence-corrected chi connectivity index (χ1v) is 6.75. The Labute approximate surface area is 97.8 Å². The van der Waals surface area contributed by atoms with Gasteiger partial charge >= 0.3 is 0 Å². The molecule has 1 heterocycles. The molecule has 2 heteroatoms. The Kier molecular flexibility index (Phi) is 4.10. The first-order chi connectivity index (χ1) is 7.35. The van der Waals surface area contributed by atoms with E-state index < -0.39 is 0 Å². The van der Waals surface area contributed by atoms with Crippen molar-refractivity contribution < 1.29 is 4.74 Å². The largest absolute Gasteiger partial charge is 0.375 e. The van der Waals surface area contributed by atoms with Crippen LogP contribution in [-0.2, 0) is 4.74 Å². The van der Waals surface area contributed by atoms with Crippen LogP contribution >= 0.6 is 11.6 Å². The van der Waals surface area contributed by atoms with Crippen molar-refractivity contribution in [3.05, 3.63) is 12.2 Å². The van der Waals surface area contributed by atoms with E-state index in [1.165, 1.54) is 38.5 Å². The van der Waals surface area contributed by atoms with Crippen molar-refractivity contribution in [2.45, 2.75) is 50.5 Å².